The summed E-state index contributed by atoms with van der Waals surface area (Å²) in [5, 5.41) is 6.33. The number of fused-ring (bicyclic) bond motifs is 7. The Morgan fingerprint density at radius 2 is 1.00 bits per heavy atom. The zero-order valence-corrected chi connectivity index (χ0v) is 29.6. The molecule has 0 saturated carbocycles. The van der Waals surface area contributed by atoms with E-state index in [-0.39, 0.29) is 0 Å². The van der Waals surface area contributed by atoms with Crippen molar-refractivity contribution < 1.29 is 0 Å². The van der Waals surface area contributed by atoms with Crippen molar-refractivity contribution in [3.8, 4) is 22.5 Å². The summed E-state index contributed by atoms with van der Waals surface area (Å²) in [5.74, 6) is 0. The van der Waals surface area contributed by atoms with E-state index in [1.54, 1.807) is 11.3 Å². The molecule has 7 aromatic carbocycles. The summed E-state index contributed by atoms with van der Waals surface area (Å²) in [4.78, 5) is 1.18. The summed E-state index contributed by atoms with van der Waals surface area (Å²) in [7, 11) is 0. The Balaban J connectivity index is 1.07. The van der Waals surface area contributed by atoms with E-state index in [9.17, 15) is 0 Å². The minimum absolute atomic E-state index is 1.16. The third kappa shape index (κ3) is 4.78. The molecule has 0 bridgehead atoms. The quantitative estimate of drug-likeness (QED) is 0.165. The highest BCUT2D eigenvalue weighted by atomic mass is 32.1. The van der Waals surface area contributed by atoms with E-state index in [0.717, 1.165) is 11.4 Å². The molecule has 0 fully saturated rings. The fraction of sp³-hybridized carbons (Fsp3) is 0.0204. The summed E-state index contributed by atoms with van der Waals surface area (Å²) in [6, 6.07) is 59.5. The number of nitrogens with zero attached hydrogens (tertiary/aromatic N) is 2. The van der Waals surface area contributed by atoms with Crippen LogP contribution in [0.3, 0.4) is 0 Å². The standard InChI is InChI=1S/C49H34N2S/c1-3-48-42(28-32(2)33-14-12-16-36(29-33)50-44-22-8-4-18-38(44)39-19-5-9-23-45(39)50)43-31-35(26-27-49(43)52-48)34-15-13-17-37(30-34)51-46-24-10-6-20-40(46)41-21-7-11-25-47(41)51/h3-31H,1H2,2H3/b32-28+. The molecular formula is C49H34N2S. The Morgan fingerprint density at radius 3 is 1.56 bits per heavy atom. The SMILES string of the molecule is C=Cc1sc2ccc(-c3cccc(-n4c5ccccc5c5ccccc54)c3)cc2c1/C=C(\C)c1cccc(-n2c3ccccc3c3ccccc32)c1. The van der Waals surface area contributed by atoms with Crippen LogP contribution in [0, 0.1) is 0 Å². The van der Waals surface area contributed by atoms with Crippen molar-refractivity contribution in [3.05, 3.63) is 186 Å². The molecule has 0 aliphatic carbocycles. The molecule has 2 nitrogen and oxygen atoms in total. The molecule has 3 aromatic heterocycles. The average molecular weight is 683 g/mol. The van der Waals surface area contributed by atoms with Gasteiger partial charge in [-0.05, 0) is 95.9 Å². The molecule has 0 spiro atoms. The van der Waals surface area contributed by atoms with Crippen LogP contribution in [0.25, 0.3) is 93.9 Å². The lowest BCUT2D eigenvalue weighted by atomic mass is 9.99. The number of para-hydroxylation sites is 4. The van der Waals surface area contributed by atoms with Gasteiger partial charge in [0.2, 0.25) is 0 Å². The molecule has 0 radical (unpaired) electrons. The van der Waals surface area contributed by atoms with Gasteiger partial charge in [-0.3, -0.25) is 0 Å². The minimum atomic E-state index is 1.16. The lowest BCUT2D eigenvalue weighted by Gasteiger charge is -2.11. The zero-order chi connectivity index (χ0) is 34.8. The second-order valence-electron chi connectivity index (χ2n) is 13.5. The van der Waals surface area contributed by atoms with Gasteiger partial charge < -0.3 is 9.13 Å². The van der Waals surface area contributed by atoms with Crippen molar-refractivity contribution in [2.45, 2.75) is 6.92 Å². The number of hydrogen-bond acceptors (Lipinski definition) is 1. The van der Waals surface area contributed by atoms with Crippen LogP contribution in [0.5, 0.6) is 0 Å². The van der Waals surface area contributed by atoms with Gasteiger partial charge in [-0.15, -0.1) is 11.3 Å². The number of thiophene rings is 1. The molecule has 3 heteroatoms. The van der Waals surface area contributed by atoms with Crippen LogP contribution >= 0.6 is 11.3 Å². The van der Waals surface area contributed by atoms with E-state index in [2.05, 4.69) is 193 Å². The predicted molar refractivity (Wildman–Crippen MR) is 226 cm³/mol. The Bertz CT molecular complexity index is 2950. The van der Waals surface area contributed by atoms with Gasteiger partial charge in [-0.25, -0.2) is 0 Å². The molecule has 0 saturated heterocycles. The number of aromatic nitrogens is 2. The average Bonchev–Trinajstić information content (AvgIpc) is 3.85. The lowest BCUT2D eigenvalue weighted by Crippen LogP contribution is -1.94. The number of rotatable bonds is 6. The first-order valence-electron chi connectivity index (χ1n) is 17.7. The van der Waals surface area contributed by atoms with E-state index >= 15 is 0 Å². The molecule has 0 atom stereocenters. The highest BCUT2D eigenvalue weighted by Gasteiger charge is 2.15. The van der Waals surface area contributed by atoms with Gasteiger partial charge in [-0.2, -0.15) is 0 Å². The van der Waals surface area contributed by atoms with E-state index in [4.69, 9.17) is 0 Å². The van der Waals surface area contributed by atoms with Gasteiger partial charge in [-0.1, -0.05) is 116 Å². The molecule has 246 valence electrons. The molecule has 0 aliphatic heterocycles. The highest BCUT2D eigenvalue weighted by Crippen LogP contribution is 2.39. The monoisotopic (exact) mass is 682 g/mol. The van der Waals surface area contributed by atoms with Crippen molar-refractivity contribution in [3.63, 3.8) is 0 Å². The van der Waals surface area contributed by atoms with Crippen LogP contribution in [0.15, 0.2) is 170 Å². The van der Waals surface area contributed by atoms with Crippen LogP contribution in [0.2, 0.25) is 0 Å². The minimum Gasteiger partial charge on any atom is -0.309 e. The molecule has 3 heterocycles. The lowest BCUT2D eigenvalue weighted by molar-refractivity contribution is 1.18. The van der Waals surface area contributed by atoms with Crippen molar-refractivity contribution in [1.82, 2.24) is 9.13 Å². The van der Waals surface area contributed by atoms with Crippen LogP contribution in [0.1, 0.15) is 22.9 Å². The van der Waals surface area contributed by atoms with Crippen LogP contribution in [0.4, 0.5) is 0 Å². The summed E-state index contributed by atoms with van der Waals surface area (Å²) in [6.45, 7) is 6.44. The fourth-order valence-electron chi connectivity index (χ4n) is 8.03. The summed E-state index contributed by atoms with van der Waals surface area (Å²) in [5.41, 5.74) is 13.2. The maximum absolute atomic E-state index is 4.22. The Labute approximate surface area is 306 Å². The zero-order valence-electron chi connectivity index (χ0n) is 28.8. The maximum Gasteiger partial charge on any atom is 0.0541 e. The highest BCUT2D eigenvalue weighted by molar-refractivity contribution is 7.20. The first-order valence-corrected chi connectivity index (χ1v) is 18.5. The van der Waals surface area contributed by atoms with Gasteiger partial charge in [0.25, 0.3) is 0 Å². The van der Waals surface area contributed by atoms with E-state index in [0.29, 0.717) is 0 Å². The second-order valence-corrected chi connectivity index (χ2v) is 14.5. The van der Waals surface area contributed by atoms with Gasteiger partial charge >= 0.3 is 0 Å². The molecule has 0 amide bonds. The van der Waals surface area contributed by atoms with E-state index in [1.165, 1.54) is 86.4 Å². The van der Waals surface area contributed by atoms with Crippen LogP contribution in [-0.4, -0.2) is 9.13 Å². The van der Waals surface area contributed by atoms with Gasteiger partial charge in [0.1, 0.15) is 0 Å². The van der Waals surface area contributed by atoms with Gasteiger partial charge in [0, 0.05) is 53.4 Å². The first kappa shape index (κ1) is 30.4. The van der Waals surface area contributed by atoms with Gasteiger partial charge in [0.15, 0.2) is 0 Å². The molecule has 10 aromatic rings. The third-order valence-electron chi connectivity index (χ3n) is 10.5. The fourth-order valence-corrected chi connectivity index (χ4v) is 9.05. The molecule has 10 rings (SSSR count). The first-order chi connectivity index (χ1) is 25.7. The predicted octanol–water partition coefficient (Wildman–Crippen LogP) is 14.0. The van der Waals surface area contributed by atoms with Crippen LogP contribution < -0.4 is 0 Å². The smallest absolute Gasteiger partial charge is 0.0541 e. The molecule has 0 unspecified atom stereocenters. The third-order valence-corrected chi connectivity index (χ3v) is 11.6. The largest absolute Gasteiger partial charge is 0.309 e. The Hall–Kier alpha value is -6.42. The topological polar surface area (TPSA) is 9.86 Å². The molecule has 0 aliphatic rings. The molecular weight excluding hydrogens is 649 g/mol. The van der Waals surface area contributed by atoms with Crippen molar-refractivity contribution in [2.24, 2.45) is 0 Å². The number of hydrogen-bond donors (Lipinski definition) is 0. The Morgan fingerprint density at radius 1 is 0.500 bits per heavy atom. The molecule has 52 heavy (non-hydrogen) atoms. The summed E-state index contributed by atoms with van der Waals surface area (Å²) in [6.07, 6.45) is 4.35. The molecule has 0 N–H and O–H groups in total. The number of allylic oxidation sites excluding steroid dienone is 1. The normalized spacial score (nSPS) is 12.1. The number of benzene rings is 7. The summed E-state index contributed by atoms with van der Waals surface area (Å²) >= 11 is 1.80. The van der Waals surface area contributed by atoms with Gasteiger partial charge in [0.05, 0.1) is 22.1 Å². The second kappa shape index (κ2) is 12.1. The van der Waals surface area contributed by atoms with Crippen molar-refractivity contribution >= 4 is 82.8 Å². The van der Waals surface area contributed by atoms with Crippen molar-refractivity contribution in [2.75, 3.05) is 0 Å². The van der Waals surface area contributed by atoms with E-state index in [1.807, 2.05) is 6.08 Å². The Kier molecular flexibility index (Phi) is 7.09. The van der Waals surface area contributed by atoms with E-state index < -0.39 is 0 Å². The van der Waals surface area contributed by atoms with Crippen LogP contribution in [-0.2, 0) is 0 Å². The van der Waals surface area contributed by atoms with Crippen molar-refractivity contribution in [1.29, 1.82) is 0 Å². The maximum atomic E-state index is 4.22. The summed E-state index contributed by atoms with van der Waals surface area (Å²) < 4.78 is 6.03.